The van der Waals surface area contributed by atoms with Crippen molar-refractivity contribution >= 4 is 33.2 Å². The van der Waals surface area contributed by atoms with E-state index < -0.39 is 11.9 Å². The van der Waals surface area contributed by atoms with Gasteiger partial charge in [0, 0.05) is 5.88 Å². The molecule has 0 fully saturated rings. The number of hydrogen-bond acceptors (Lipinski definition) is 2. The lowest BCUT2D eigenvalue weighted by molar-refractivity contribution is -0.141. The van der Waals surface area contributed by atoms with Gasteiger partial charge in [0.05, 0.1) is 10.2 Å². The molecule has 2 aromatic rings. The van der Waals surface area contributed by atoms with E-state index in [1.54, 1.807) is 11.4 Å². The van der Waals surface area contributed by atoms with Gasteiger partial charge in [-0.1, -0.05) is 0 Å². The van der Waals surface area contributed by atoms with E-state index in [0.717, 1.165) is 4.70 Å². The lowest BCUT2D eigenvalue weighted by atomic mass is 10.2. The Morgan fingerprint density at radius 2 is 2.13 bits per heavy atom. The minimum Gasteiger partial charge on any atom is -0.242 e. The monoisotopic (exact) mass is 251 g/mol. The van der Waals surface area contributed by atoms with Crippen LogP contribution < -0.4 is 0 Å². The summed E-state index contributed by atoms with van der Waals surface area (Å²) in [6.07, 6.45) is -4.44. The zero-order valence-electron chi connectivity index (χ0n) is 7.31. The number of hydrogen-bond donors (Lipinski definition) is 0. The van der Waals surface area contributed by atoms with E-state index in [4.69, 9.17) is 11.6 Å². The first-order valence-corrected chi connectivity index (χ1v) is 5.44. The molecule has 0 bridgehead atoms. The minimum absolute atomic E-state index is 0.0270. The SMILES string of the molecule is FC(F)(F)c1nc2ccsc2cc1CCl. The van der Waals surface area contributed by atoms with Crippen LogP contribution in [-0.4, -0.2) is 4.98 Å². The summed E-state index contributed by atoms with van der Waals surface area (Å²) in [5.74, 6) is -0.185. The second kappa shape index (κ2) is 3.64. The molecule has 0 saturated heterocycles. The zero-order valence-corrected chi connectivity index (χ0v) is 8.88. The first-order chi connectivity index (χ1) is 7.02. The maximum absolute atomic E-state index is 12.6. The molecule has 15 heavy (non-hydrogen) atoms. The first kappa shape index (κ1) is 10.7. The second-order valence-corrected chi connectivity index (χ2v) is 4.15. The van der Waals surface area contributed by atoms with Crippen LogP contribution in [0, 0.1) is 0 Å². The van der Waals surface area contributed by atoms with Crippen molar-refractivity contribution in [1.82, 2.24) is 4.98 Å². The molecule has 0 saturated carbocycles. The third kappa shape index (κ3) is 1.94. The number of nitrogens with zero attached hydrogens (tertiary/aromatic N) is 1. The molecule has 0 amide bonds. The zero-order chi connectivity index (χ0) is 11.1. The van der Waals surface area contributed by atoms with E-state index >= 15 is 0 Å². The molecule has 0 radical (unpaired) electrons. The largest absolute Gasteiger partial charge is 0.433 e. The van der Waals surface area contributed by atoms with Crippen molar-refractivity contribution in [2.24, 2.45) is 0 Å². The molecule has 0 unspecified atom stereocenters. The Morgan fingerprint density at radius 3 is 2.73 bits per heavy atom. The highest BCUT2D eigenvalue weighted by Crippen LogP contribution is 2.34. The second-order valence-electron chi connectivity index (χ2n) is 2.93. The van der Waals surface area contributed by atoms with Gasteiger partial charge in [-0.15, -0.1) is 22.9 Å². The van der Waals surface area contributed by atoms with E-state index in [1.165, 1.54) is 17.4 Å². The summed E-state index contributed by atoms with van der Waals surface area (Å²) in [5, 5.41) is 1.70. The molecule has 0 aliphatic rings. The van der Waals surface area contributed by atoms with Crippen molar-refractivity contribution in [3.63, 3.8) is 0 Å². The molecule has 0 aliphatic carbocycles. The maximum atomic E-state index is 12.6. The Labute approximate surface area is 92.5 Å². The molecule has 80 valence electrons. The predicted molar refractivity (Wildman–Crippen MR) is 54.2 cm³/mol. The number of aromatic nitrogens is 1. The van der Waals surface area contributed by atoms with Crippen LogP contribution in [0.3, 0.4) is 0 Å². The topological polar surface area (TPSA) is 12.9 Å². The number of pyridine rings is 1. The van der Waals surface area contributed by atoms with Crippen LogP contribution in [0.5, 0.6) is 0 Å². The van der Waals surface area contributed by atoms with Crippen molar-refractivity contribution in [3.05, 3.63) is 28.8 Å². The van der Waals surface area contributed by atoms with Crippen LogP contribution in [0.4, 0.5) is 13.2 Å². The van der Waals surface area contributed by atoms with Gasteiger partial charge in [-0.05, 0) is 23.1 Å². The highest BCUT2D eigenvalue weighted by Gasteiger charge is 2.35. The normalized spacial score (nSPS) is 12.3. The Balaban J connectivity index is 2.70. The molecular weight excluding hydrogens is 247 g/mol. The quantitative estimate of drug-likeness (QED) is 0.697. The average molecular weight is 252 g/mol. The van der Waals surface area contributed by atoms with Gasteiger partial charge >= 0.3 is 6.18 Å². The Kier molecular flexibility index (Phi) is 2.60. The third-order valence-electron chi connectivity index (χ3n) is 1.93. The van der Waals surface area contributed by atoms with Crippen LogP contribution in [0.15, 0.2) is 17.5 Å². The van der Waals surface area contributed by atoms with Gasteiger partial charge in [0.15, 0.2) is 0 Å². The minimum atomic E-state index is -4.44. The molecule has 0 atom stereocenters. The summed E-state index contributed by atoms with van der Waals surface area (Å²) in [6, 6.07) is 3.01. The van der Waals surface area contributed by atoms with Crippen LogP contribution in [0.25, 0.3) is 10.2 Å². The molecule has 2 heterocycles. The third-order valence-corrected chi connectivity index (χ3v) is 3.07. The summed E-state index contributed by atoms with van der Waals surface area (Å²) >= 11 is 6.82. The number of fused-ring (bicyclic) bond motifs is 1. The van der Waals surface area contributed by atoms with E-state index in [0.29, 0.717) is 5.52 Å². The average Bonchev–Trinajstić information content (AvgIpc) is 2.60. The van der Waals surface area contributed by atoms with Crippen molar-refractivity contribution in [3.8, 4) is 0 Å². The predicted octanol–water partition coefficient (Wildman–Crippen LogP) is 4.05. The summed E-state index contributed by atoms with van der Waals surface area (Å²) in [4.78, 5) is 3.58. The summed E-state index contributed by atoms with van der Waals surface area (Å²) in [6.45, 7) is 0. The van der Waals surface area contributed by atoms with Gasteiger partial charge in [0.2, 0.25) is 0 Å². The van der Waals surface area contributed by atoms with Crippen LogP contribution in [0.2, 0.25) is 0 Å². The number of halogens is 4. The highest BCUT2D eigenvalue weighted by molar-refractivity contribution is 7.17. The lowest BCUT2D eigenvalue weighted by Crippen LogP contribution is -2.11. The lowest BCUT2D eigenvalue weighted by Gasteiger charge is -2.09. The molecule has 0 aromatic carbocycles. The molecule has 0 spiro atoms. The van der Waals surface area contributed by atoms with Gasteiger partial charge in [0.1, 0.15) is 5.69 Å². The summed E-state index contributed by atoms with van der Waals surface area (Å²) in [5.41, 5.74) is -0.497. The molecule has 0 N–H and O–H groups in total. The molecule has 0 aliphatic heterocycles. The van der Waals surface area contributed by atoms with Gasteiger partial charge < -0.3 is 0 Å². The number of alkyl halides is 4. The van der Waals surface area contributed by atoms with Crippen molar-refractivity contribution in [2.75, 3.05) is 0 Å². The maximum Gasteiger partial charge on any atom is 0.433 e. The van der Waals surface area contributed by atoms with E-state index in [2.05, 4.69) is 4.98 Å². The van der Waals surface area contributed by atoms with Crippen molar-refractivity contribution in [1.29, 1.82) is 0 Å². The van der Waals surface area contributed by atoms with Crippen molar-refractivity contribution < 1.29 is 13.2 Å². The fourth-order valence-electron chi connectivity index (χ4n) is 1.28. The van der Waals surface area contributed by atoms with Crippen LogP contribution in [0.1, 0.15) is 11.3 Å². The fraction of sp³-hybridized carbons (Fsp3) is 0.222. The number of thiophene rings is 1. The Hall–Kier alpha value is -0.810. The van der Waals surface area contributed by atoms with Gasteiger partial charge in [-0.2, -0.15) is 13.2 Å². The molecule has 2 aromatic heterocycles. The molecule has 2 rings (SSSR count). The van der Waals surface area contributed by atoms with E-state index in [1.807, 2.05) is 0 Å². The van der Waals surface area contributed by atoms with Crippen molar-refractivity contribution in [2.45, 2.75) is 12.1 Å². The van der Waals surface area contributed by atoms with Gasteiger partial charge in [-0.3, -0.25) is 0 Å². The standard InChI is InChI=1S/C9H5ClF3NS/c10-4-5-3-7-6(1-2-15-7)14-8(5)9(11,12)13/h1-3H,4H2. The first-order valence-electron chi connectivity index (χ1n) is 4.02. The summed E-state index contributed by atoms with van der Waals surface area (Å²) in [7, 11) is 0. The van der Waals surface area contributed by atoms with E-state index in [9.17, 15) is 13.2 Å². The Morgan fingerprint density at radius 1 is 1.40 bits per heavy atom. The van der Waals surface area contributed by atoms with Crippen LogP contribution >= 0.6 is 22.9 Å². The van der Waals surface area contributed by atoms with Gasteiger partial charge in [0.25, 0.3) is 0 Å². The molecule has 6 heteroatoms. The Bertz CT molecular complexity index is 492. The molecular formula is C9H5ClF3NS. The van der Waals surface area contributed by atoms with Crippen LogP contribution in [-0.2, 0) is 12.1 Å². The van der Waals surface area contributed by atoms with E-state index in [-0.39, 0.29) is 11.4 Å². The fourth-order valence-corrected chi connectivity index (χ4v) is 2.27. The smallest absolute Gasteiger partial charge is 0.242 e. The number of rotatable bonds is 1. The highest BCUT2D eigenvalue weighted by atomic mass is 35.5. The summed E-state index contributed by atoms with van der Waals surface area (Å²) < 4.78 is 38.4. The van der Waals surface area contributed by atoms with Gasteiger partial charge in [-0.25, -0.2) is 4.98 Å². The molecule has 1 nitrogen and oxygen atoms in total.